The molecule has 0 saturated carbocycles. The van der Waals surface area contributed by atoms with E-state index in [1.807, 2.05) is 12.1 Å². The van der Waals surface area contributed by atoms with Gasteiger partial charge in [-0.25, -0.2) is 0 Å². The van der Waals surface area contributed by atoms with Gasteiger partial charge in [-0.3, -0.25) is 15.1 Å². The van der Waals surface area contributed by atoms with Gasteiger partial charge in [0.1, 0.15) is 11.4 Å². The van der Waals surface area contributed by atoms with E-state index in [-0.39, 0.29) is 11.4 Å². The molecule has 0 aromatic heterocycles. The highest BCUT2D eigenvalue weighted by atomic mass is 16.6. The number of aliphatic imine (C=N–C) groups is 1. The van der Waals surface area contributed by atoms with E-state index in [2.05, 4.69) is 11.9 Å². The first-order chi connectivity index (χ1) is 11.1. The molecule has 23 heavy (non-hydrogen) atoms. The molecule has 0 saturated heterocycles. The number of nitrogens with zero attached hydrogens (tertiary/aromatic N) is 2. The molecule has 0 aliphatic rings. The molecular formula is C18H18N2O3. The van der Waals surface area contributed by atoms with Gasteiger partial charge in [0, 0.05) is 18.3 Å². The zero-order chi connectivity index (χ0) is 16.7. The quantitative estimate of drug-likeness (QED) is 0.478. The van der Waals surface area contributed by atoms with Gasteiger partial charge in [0.2, 0.25) is 0 Å². The summed E-state index contributed by atoms with van der Waals surface area (Å²) in [6, 6.07) is 11.7. The minimum absolute atomic E-state index is 0.0500. The number of non-ortho nitro benzene ring substituents is 1. The minimum Gasteiger partial charge on any atom is -0.506 e. The first kappa shape index (κ1) is 16.4. The maximum absolute atomic E-state index is 10.7. The third-order valence-corrected chi connectivity index (χ3v) is 3.25. The van der Waals surface area contributed by atoms with Crippen LogP contribution in [0.3, 0.4) is 0 Å². The molecule has 0 heterocycles. The fraction of sp³-hybridized carbons (Fsp3) is 0.167. The number of aryl methyl sites for hydroxylation is 1. The molecule has 0 bridgehead atoms. The van der Waals surface area contributed by atoms with Crippen LogP contribution in [0.15, 0.2) is 53.5 Å². The third kappa shape index (κ3) is 4.78. The predicted octanol–water partition coefficient (Wildman–Crippen LogP) is 4.67. The molecule has 1 N–H and O–H groups in total. The lowest BCUT2D eigenvalue weighted by atomic mass is 10.1. The Bertz CT molecular complexity index is 752. The standard InChI is InChI=1S/C18H18N2O3/c1-2-5-14-9-10-18(21)17(13-14)19-11-4-7-15-6-3-8-16(12-15)20(22)23/h3-4,6-13,21H,2,5H2,1H3/b7-4+,19-11?. The molecule has 5 nitrogen and oxygen atoms in total. The number of hydrogen-bond acceptors (Lipinski definition) is 4. The molecule has 2 aromatic carbocycles. The van der Waals surface area contributed by atoms with Crippen LogP contribution in [-0.2, 0) is 6.42 Å². The van der Waals surface area contributed by atoms with Crippen LogP contribution in [0.4, 0.5) is 11.4 Å². The zero-order valence-electron chi connectivity index (χ0n) is 12.8. The molecule has 0 atom stereocenters. The lowest BCUT2D eigenvalue weighted by molar-refractivity contribution is -0.384. The van der Waals surface area contributed by atoms with Crippen LogP contribution in [0, 0.1) is 10.1 Å². The van der Waals surface area contributed by atoms with E-state index in [0.29, 0.717) is 5.69 Å². The van der Waals surface area contributed by atoms with E-state index in [1.165, 1.54) is 12.1 Å². The second-order valence-corrected chi connectivity index (χ2v) is 5.06. The Balaban J connectivity index is 2.10. The second kappa shape index (κ2) is 7.89. The van der Waals surface area contributed by atoms with Crippen LogP contribution in [0.5, 0.6) is 5.75 Å². The smallest absolute Gasteiger partial charge is 0.270 e. The van der Waals surface area contributed by atoms with Crippen molar-refractivity contribution in [1.82, 2.24) is 0 Å². The molecule has 5 heteroatoms. The highest BCUT2D eigenvalue weighted by Crippen LogP contribution is 2.27. The fourth-order valence-corrected chi connectivity index (χ4v) is 2.14. The molecule has 0 amide bonds. The van der Waals surface area contributed by atoms with Crippen LogP contribution in [-0.4, -0.2) is 16.2 Å². The van der Waals surface area contributed by atoms with Gasteiger partial charge in [0.05, 0.1) is 4.92 Å². The largest absolute Gasteiger partial charge is 0.506 e. The van der Waals surface area contributed by atoms with Gasteiger partial charge in [0.25, 0.3) is 5.69 Å². The summed E-state index contributed by atoms with van der Waals surface area (Å²) in [5, 5.41) is 20.5. The fourth-order valence-electron chi connectivity index (χ4n) is 2.14. The summed E-state index contributed by atoms with van der Waals surface area (Å²) in [5.41, 5.74) is 2.41. The Labute approximate surface area is 134 Å². The normalized spacial score (nSPS) is 11.3. The van der Waals surface area contributed by atoms with Gasteiger partial charge in [-0.1, -0.05) is 37.6 Å². The van der Waals surface area contributed by atoms with Gasteiger partial charge < -0.3 is 5.11 Å². The van der Waals surface area contributed by atoms with Crippen molar-refractivity contribution in [3.8, 4) is 5.75 Å². The number of rotatable bonds is 6. The van der Waals surface area contributed by atoms with Gasteiger partial charge in [-0.15, -0.1) is 0 Å². The van der Waals surface area contributed by atoms with Crippen LogP contribution in [0.25, 0.3) is 6.08 Å². The van der Waals surface area contributed by atoms with Crippen molar-refractivity contribution in [1.29, 1.82) is 0 Å². The number of aromatic hydroxyl groups is 1. The number of nitro groups is 1. The van der Waals surface area contributed by atoms with Gasteiger partial charge in [0.15, 0.2) is 0 Å². The van der Waals surface area contributed by atoms with Crippen molar-refractivity contribution in [2.75, 3.05) is 0 Å². The molecule has 2 rings (SSSR count). The van der Waals surface area contributed by atoms with E-state index >= 15 is 0 Å². The first-order valence-corrected chi connectivity index (χ1v) is 7.37. The van der Waals surface area contributed by atoms with Crippen LogP contribution >= 0.6 is 0 Å². The number of phenols is 1. The summed E-state index contributed by atoms with van der Waals surface area (Å²) in [6.07, 6.45) is 6.94. The first-order valence-electron chi connectivity index (χ1n) is 7.37. The summed E-state index contributed by atoms with van der Waals surface area (Å²) >= 11 is 0. The van der Waals surface area contributed by atoms with Crippen molar-refractivity contribution >= 4 is 23.7 Å². The molecular weight excluding hydrogens is 292 g/mol. The summed E-state index contributed by atoms with van der Waals surface area (Å²) in [5.74, 6) is 0.129. The van der Waals surface area contributed by atoms with E-state index in [4.69, 9.17) is 0 Å². The number of nitro benzene ring substituents is 1. The van der Waals surface area contributed by atoms with Crippen molar-refractivity contribution in [3.63, 3.8) is 0 Å². The Hall–Kier alpha value is -2.95. The Morgan fingerprint density at radius 3 is 2.83 bits per heavy atom. The summed E-state index contributed by atoms with van der Waals surface area (Å²) < 4.78 is 0. The number of hydrogen-bond donors (Lipinski definition) is 1. The predicted molar refractivity (Wildman–Crippen MR) is 92.4 cm³/mol. The maximum atomic E-state index is 10.7. The molecule has 0 radical (unpaired) electrons. The SMILES string of the molecule is CCCc1ccc(O)c(N=C/C=C/c2cccc([N+](=O)[O-])c2)c1. The van der Waals surface area contributed by atoms with Crippen LogP contribution in [0.1, 0.15) is 24.5 Å². The van der Waals surface area contributed by atoms with Crippen molar-refractivity contribution < 1.29 is 10.0 Å². The van der Waals surface area contributed by atoms with Gasteiger partial charge >= 0.3 is 0 Å². The summed E-state index contributed by atoms with van der Waals surface area (Å²) in [7, 11) is 0. The third-order valence-electron chi connectivity index (χ3n) is 3.25. The number of allylic oxidation sites excluding steroid dienone is 1. The highest BCUT2D eigenvalue weighted by Gasteiger charge is 2.03. The van der Waals surface area contributed by atoms with E-state index in [1.54, 1.807) is 36.6 Å². The lowest BCUT2D eigenvalue weighted by Gasteiger charge is -2.02. The number of phenolic OH excluding ortho intramolecular Hbond substituents is 1. The van der Waals surface area contributed by atoms with E-state index in [0.717, 1.165) is 24.0 Å². The topological polar surface area (TPSA) is 75.7 Å². The van der Waals surface area contributed by atoms with Crippen LogP contribution < -0.4 is 0 Å². The summed E-state index contributed by atoms with van der Waals surface area (Å²) in [6.45, 7) is 2.09. The molecule has 0 unspecified atom stereocenters. The van der Waals surface area contributed by atoms with Crippen molar-refractivity contribution in [2.45, 2.75) is 19.8 Å². The molecule has 0 fully saturated rings. The maximum Gasteiger partial charge on any atom is 0.270 e. The van der Waals surface area contributed by atoms with E-state index < -0.39 is 4.92 Å². The molecule has 118 valence electrons. The Morgan fingerprint density at radius 1 is 1.26 bits per heavy atom. The zero-order valence-corrected chi connectivity index (χ0v) is 12.8. The van der Waals surface area contributed by atoms with Crippen molar-refractivity contribution in [2.24, 2.45) is 4.99 Å². The number of benzene rings is 2. The molecule has 0 aliphatic heterocycles. The average Bonchev–Trinajstić information content (AvgIpc) is 2.55. The van der Waals surface area contributed by atoms with E-state index in [9.17, 15) is 15.2 Å². The van der Waals surface area contributed by atoms with Gasteiger partial charge in [-0.2, -0.15) is 0 Å². The lowest BCUT2D eigenvalue weighted by Crippen LogP contribution is -1.87. The summed E-state index contributed by atoms with van der Waals surface area (Å²) in [4.78, 5) is 14.5. The van der Waals surface area contributed by atoms with Gasteiger partial charge in [-0.05, 0) is 35.8 Å². The van der Waals surface area contributed by atoms with Crippen LogP contribution in [0.2, 0.25) is 0 Å². The molecule has 0 aliphatic carbocycles. The second-order valence-electron chi connectivity index (χ2n) is 5.06. The average molecular weight is 310 g/mol. The monoisotopic (exact) mass is 310 g/mol. The Kier molecular flexibility index (Phi) is 5.63. The van der Waals surface area contributed by atoms with Crippen molar-refractivity contribution in [3.05, 3.63) is 69.8 Å². The minimum atomic E-state index is -0.428. The highest BCUT2D eigenvalue weighted by molar-refractivity contribution is 5.81. The molecule has 2 aromatic rings. The molecule has 0 spiro atoms. The Morgan fingerprint density at radius 2 is 2.09 bits per heavy atom.